The van der Waals surface area contributed by atoms with Crippen LogP contribution in [0.15, 0.2) is 35.1 Å². The van der Waals surface area contributed by atoms with Crippen molar-refractivity contribution in [2.75, 3.05) is 13.6 Å². The fraction of sp³-hybridized carbons (Fsp3) is 0.632. The van der Waals surface area contributed by atoms with E-state index in [0.717, 1.165) is 25.0 Å². The first-order valence-corrected chi connectivity index (χ1v) is 8.97. The molecule has 2 fully saturated rings. The first-order chi connectivity index (χ1) is 11.9. The highest BCUT2D eigenvalue weighted by atomic mass is 16.7. The molecule has 0 amide bonds. The molecule has 5 rings (SSSR count). The van der Waals surface area contributed by atoms with E-state index in [9.17, 15) is 15.0 Å². The maximum absolute atomic E-state index is 11.9. The number of hydrogen-bond acceptors (Lipinski definition) is 6. The smallest absolute Gasteiger partial charge is 0.305 e. The summed E-state index contributed by atoms with van der Waals surface area (Å²) in [5.74, 6) is -1.94. The van der Waals surface area contributed by atoms with Crippen molar-refractivity contribution < 1.29 is 24.5 Å². The summed E-state index contributed by atoms with van der Waals surface area (Å²) < 4.78 is 11.9. The van der Waals surface area contributed by atoms with Gasteiger partial charge in [-0.05, 0) is 38.9 Å². The average molecular weight is 345 g/mol. The Bertz CT molecular complexity index is 755. The number of hydrogen-bond donors (Lipinski definition) is 2. The monoisotopic (exact) mass is 345 g/mol. The van der Waals surface area contributed by atoms with Gasteiger partial charge < -0.3 is 24.6 Å². The Labute approximate surface area is 146 Å². The predicted octanol–water partition coefficient (Wildman–Crippen LogP) is 1.43. The molecular formula is C19H23NO5. The van der Waals surface area contributed by atoms with Crippen LogP contribution in [0.5, 0.6) is 0 Å². The minimum Gasteiger partial charge on any atom is -0.506 e. The van der Waals surface area contributed by atoms with Gasteiger partial charge in [-0.2, -0.15) is 0 Å². The molecule has 1 spiro atoms. The standard InChI is InChI=1S/C19H23NO5/c1-10(21)24-19-15(23)6-3-11-9-13-12-4-5-14(22)17(25-19)18(12,16(11)19)7-8-20(13)2/h4-6,12-14,17,22-23H,3,7-9H2,1-2H3/t12-,13+,14-,17-,18-,19?/m0/s1. The molecule has 0 radical (unpaired) electrons. The Hall–Kier alpha value is -1.63. The van der Waals surface area contributed by atoms with Crippen LogP contribution < -0.4 is 0 Å². The van der Waals surface area contributed by atoms with Crippen molar-refractivity contribution in [2.24, 2.45) is 11.3 Å². The third kappa shape index (κ3) is 1.68. The lowest BCUT2D eigenvalue weighted by molar-refractivity contribution is -0.218. The van der Waals surface area contributed by atoms with Crippen LogP contribution in [0, 0.1) is 11.3 Å². The summed E-state index contributed by atoms with van der Waals surface area (Å²) in [6, 6.07) is 0.337. The average Bonchev–Trinajstić information content (AvgIpc) is 2.86. The topological polar surface area (TPSA) is 79.2 Å². The van der Waals surface area contributed by atoms with Crippen molar-refractivity contribution in [3.05, 3.63) is 35.1 Å². The van der Waals surface area contributed by atoms with Gasteiger partial charge in [0.15, 0.2) is 5.76 Å². The molecule has 3 aliphatic carbocycles. The molecule has 2 bridgehead atoms. The number of rotatable bonds is 1. The maximum atomic E-state index is 11.9. The summed E-state index contributed by atoms with van der Waals surface area (Å²) >= 11 is 0. The molecule has 134 valence electrons. The number of aliphatic hydroxyl groups excluding tert-OH is 2. The number of allylic oxidation sites excluding steroid dienone is 1. The van der Waals surface area contributed by atoms with Gasteiger partial charge >= 0.3 is 5.97 Å². The Morgan fingerprint density at radius 2 is 2.24 bits per heavy atom. The number of nitrogens with zero attached hydrogens (tertiary/aromatic N) is 1. The van der Waals surface area contributed by atoms with Gasteiger partial charge in [-0.25, -0.2) is 0 Å². The molecule has 1 unspecified atom stereocenters. The van der Waals surface area contributed by atoms with Crippen molar-refractivity contribution in [1.82, 2.24) is 4.90 Å². The van der Waals surface area contributed by atoms with E-state index in [0.29, 0.717) is 12.5 Å². The van der Waals surface area contributed by atoms with Crippen molar-refractivity contribution >= 4 is 5.97 Å². The van der Waals surface area contributed by atoms with Crippen LogP contribution in [0.25, 0.3) is 0 Å². The number of aliphatic hydroxyl groups is 2. The van der Waals surface area contributed by atoms with E-state index in [1.807, 2.05) is 0 Å². The number of carbonyl (C=O) groups is 1. The second-order valence-corrected chi connectivity index (χ2v) is 7.96. The lowest BCUT2D eigenvalue weighted by Gasteiger charge is -2.57. The third-order valence-electron chi connectivity index (χ3n) is 6.85. The second-order valence-electron chi connectivity index (χ2n) is 7.96. The van der Waals surface area contributed by atoms with Crippen LogP contribution in [-0.4, -0.2) is 58.7 Å². The molecule has 0 saturated carbocycles. The van der Waals surface area contributed by atoms with Crippen LogP contribution >= 0.6 is 0 Å². The number of esters is 1. The van der Waals surface area contributed by atoms with Crippen LogP contribution in [-0.2, 0) is 14.3 Å². The van der Waals surface area contributed by atoms with Gasteiger partial charge in [0.2, 0.25) is 0 Å². The Morgan fingerprint density at radius 1 is 1.44 bits per heavy atom. The molecule has 2 saturated heterocycles. The third-order valence-corrected chi connectivity index (χ3v) is 6.85. The lowest BCUT2D eigenvalue weighted by atomic mass is 9.51. The van der Waals surface area contributed by atoms with E-state index < -0.39 is 29.4 Å². The van der Waals surface area contributed by atoms with Crippen molar-refractivity contribution in [1.29, 1.82) is 0 Å². The van der Waals surface area contributed by atoms with Gasteiger partial charge in [0.25, 0.3) is 5.79 Å². The molecule has 2 aliphatic heterocycles. The molecule has 25 heavy (non-hydrogen) atoms. The second kappa shape index (κ2) is 4.75. The fourth-order valence-corrected chi connectivity index (χ4v) is 5.99. The molecule has 6 atom stereocenters. The zero-order valence-electron chi connectivity index (χ0n) is 14.4. The van der Waals surface area contributed by atoms with Gasteiger partial charge in [0, 0.05) is 29.9 Å². The molecule has 0 aromatic heterocycles. The van der Waals surface area contributed by atoms with Crippen molar-refractivity contribution in [2.45, 2.75) is 50.2 Å². The normalized spacial score (nSPS) is 47.4. The van der Waals surface area contributed by atoms with Crippen LogP contribution in [0.2, 0.25) is 0 Å². The molecule has 6 heteroatoms. The van der Waals surface area contributed by atoms with Crippen LogP contribution in [0.3, 0.4) is 0 Å². The molecule has 0 aromatic rings. The van der Waals surface area contributed by atoms with Crippen LogP contribution in [0.4, 0.5) is 0 Å². The van der Waals surface area contributed by atoms with E-state index in [1.165, 1.54) is 12.5 Å². The van der Waals surface area contributed by atoms with E-state index in [2.05, 4.69) is 18.0 Å². The summed E-state index contributed by atoms with van der Waals surface area (Å²) in [6.07, 6.45) is 6.60. The first-order valence-electron chi connectivity index (χ1n) is 8.97. The predicted molar refractivity (Wildman–Crippen MR) is 88.4 cm³/mol. The highest BCUT2D eigenvalue weighted by Crippen LogP contribution is 2.67. The molecule has 6 nitrogen and oxygen atoms in total. The highest BCUT2D eigenvalue weighted by molar-refractivity contribution is 5.68. The van der Waals surface area contributed by atoms with Crippen molar-refractivity contribution in [3.63, 3.8) is 0 Å². The number of ether oxygens (including phenoxy) is 2. The van der Waals surface area contributed by atoms with Crippen molar-refractivity contribution in [3.8, 4) is 0 Å². The molecule has 2 N–H and O–H groups in total. The van der Waals surface area contributed by atoms with E-state index in [-0.39, 0.29) is 11.7 Å². The first kappa shape index (κ1) is 15.6. The SMILES string of the molecule is CC(=O)OC12O[C@H]3[C@@H](O)C=C[C@H]4[C@H]5CC(=C1[C@]43CCN5C)CC=C2O. The van der Waals surface area contributed by atoms with E-state index in [4.69, 9.17) is 9.47 Å². The minimum atomic E-state index is -1.56. The molecule has 0 aromatic carbocycles. The van der Waals surface area contributed by atoms with Gasteiger partial charge in [-0.15, -0.1) is 0 Å². The molecule has 5 aliphatic rings. The van der Waals surface area contributed by atoms with Crippen LogP contribution in [0.1, 0.15) is 26.2 Å². The Morgan fingerprint density at radius 3 is 3.00 bits per heavy atom. The minimum absolute atomic E-state index is 0.0615. The highest BCUT2D eigenvalue weighted by Gasteiger charge is 2.73. The summed E-state index contributed by atoms with van der Waals surface area (Å²) in [4.78, 5) is 14.2. The summed E-state index contributed by atoms with van der Waals surface area (Å²) in [7, 11) is 2.14. The van der Waals surface area contributed by atoms with Gasteiger partial charge in [-0.3, -0.25) is 4.79 Å². The summed E-state index contributed by atoms with van der Waals surface area (Å²) in [6.45, 7) is 2.21. The Balaban J connectivity index is 1.78. The number of likely N-dealkylation sites (tertiary alicyclic amines) is 1. The molecule has 2 heterocycles. The summed E-state index contributed by atoms with van der Waals surface area (Å²) in [5, 5.41) is 21.4. The van der Waals surface area contributed by atoms with E-state index in [1.54, 1.807) is 12.2 Å². The van der Waals surface area contributed by atoms with Gasteiger partial charge in [-0.1, -0.05) is 17.7 Å². The maximum Gasteiger partial charge on any atom is 0.305 e. The zero-order chi connectivity index (χ0) is 17.6. The zero-order valence-corrected chi connectivity index (χ0v) is 14.4. The molecular weight excluding hydrogens is 322 g/mol. The van der Waals surface area contributed by atoms with E-state index >= 15 is 0 Å². The largest absolute Gasteiger partial charge is 0.506 e. The lowest BCUT2D eigenvalue weighted by Crippen LogP contribution is -2.62. The summed E-state index contributed by atoms with van der Waals surface area (Å²) in [5.41, 5.74) is 1.66. The quantitative estimate of drug-likeness (QED) is 0.553. The van der Waals surface area contributed by atoms with Gasteiger partial charge in [0.05, 0.1) is 6.10 Å². The Kier molecular flexibility index (Phi) is 2.97. The number of carbonyl (C=O) groups excluding carboxylic acids is 1. The van der Waals surface area contributed by atoms with Gasteiger partial charge in [0.1, 0.15) is 6.10 Å². The number of piperidine rings is 1. The fourth-order valence-electron chi connectivity index (χ4n) is 5.99.